The Kier molecular flexibility index (Phi) is 4.47. The number of hydrogen-bond donors (Lipinski definition) is 1. The maximum atomic E-state index is 12.2. The molecule has 0 spiro atoms. The Labute approximate surface area is 122 Å². The van der Waals surface area contributed by atoms with Crippen LogP contribution in [0.15, 0.2) is 22.7 Å². The number of rotatable bonds is 1. The number of carbonyl (C=O) groups excluding carboxylic acids is 1. The summed E-state index contributed by atoms with van der Waals surface area (Å²) in [4.78, 5) is 14.0. The van der Waals surface area contributed by atoms with Gasteiger partial charge in [-0.1, -0.05) is 15.9 Å². The molecule has 1 fully saturated rings. The molecule has 0 aromatic heterocycles. The smallest absolute Gasteiger partial charge is 0.322 e. The lowest BCUT2D eigenvalue weighted by molar-refractivity contribution is -0.0530. The predicted molar refractivity (Wildman–Crippen MR) is 79.5 cm³/mol. The summed E-state index contributed by atoms with van der Waals surface area (Å²) in [5, 5.41) is 2.93. The van der Waals surface area contributed by atoms with Crippen LogP contribution in [0.25, 0.3) is 0 Å². The van der Waals surface area contributed by atoms with Gasteiger partial charge in [-0.2, -0.15) is 0 Å². The number of amides is 2. The molecule has 1 aromatic rings. The number of hydrogen-bond acceptors (Lipinski definition) is 2. The SMILES string of the molecule is Cc1cc(NC(=O)N2C[C@@H](C)O[C@H](C)C2)ccc1Br. The van der Waals surface area contributed by atoms with Crippen molar-refractivity contribution >= 4 is 27.6 Å². The highest BCUT2D eigenvalue weighted by Crippen LogP contribution is 2.20. The second-order valence-corrected chi connectivity index (χ2v) is 5.91. The van der Waals surface area contributed by atoms with Gasteiger partial charge in [-0.25, -0.2) is 4.79 Å². The van der Waals surface area contributed by atoms with Crippen molar-refractivity contribution < 1.29 is 9.53 Å². The van der Waals surface area contributed by atoms with Crippen LogP contribution in [-0.2, 0) is 4.74 Å². The average Bonchev–Trinajstić information content (AvgIpc) is 2.32. The molecule has 1 aromatic carbocycles. The third-order valence-corrected chi connectivity index (χ3v) is 4.01. The number of nitrogens with zero attached hydrogens (tertiary/aromatic N) is 1. The summed E-state index contributed by atoms with van der Waals surface area (Å²) in [5.74, 6) is 0. The summed E-state index contributed by atoms with van der Waals surface area (Å²) in [6.45, 7) is 7.23. The fourth-order valence-corrected chi connectivity index (χ4v) is 2.52. The molecule has 19 heavy (non-hydrogen) atoms. The Hall–Kier alpha value is -1.07. The largest absolute Gasteiger partial charge is 0.372 e. The predicted octanol–water partition coefficient (Wildman–Crippen LogP) is 3.40. The molecule has 1 heterocycles. The van der Waals surface area contributed by atoms with Gasteiger partial charge in [0.15, 0.2) is 0 Å². The van der Waals surface area contributed by atoms with Gasteiger partial charge in [0.1, 0.15) is 0 Å². The second-order valence-electron chi connectivity index (χ2n) is 5.06. The summed E-state index contributed by atoms with van der Waals surface area (Å²) in [7, 11) is 0. The number of carbonyl (C=O) groups is 1. The molecule has 0 bridgehead atoms. The monoisotopic (exact) mass is 326 g/mol. The van der Waals surface area contributed by atoms with Crippen LogP contribution in [-0.4, -0.2) is 36.2 Å². The van der Waals surface area contributed by atoms with Crippen molar-refractivity contribution in [1.82, 2.24) is 4.90 Å². The van der Waals surface area contributed by atoms with E-state index in [0.29, 0.717) is 13.1 Å². The molecule has 1 saturated heterocycles. The van der Waals surface area contributed by atoms with Crippen LogP contribution >= 0.6 is 15.9 Å². The number of aryl methyl sites for hydroxylation is 1. The number of ether oxygens (including phenoxy) is 1. The van der Waals surface area contributed by atoms with Crippen LogP contribution in [0, 0.1) is 6.92 Å². The molecule has 5 heteroatoms. The van der Waals surface area contributed by atoms with E-state index < -0.39 is 0 Å². The van der Waals surface area contributed by atoms with Gasteiger partial charge >= 0.3 is 6.03 Å². The quantitative estimate of drug-likeness (QED) is 0.859. The van der Waals surface area contributed by atoms with Crippen LogP contribution in [0.3, 0.4) is 0 Å². The van der Waals surface area contributed by atoms with E-state index in [4.69, 9.17) is 4.74 Å². The maximum Gasteiger partial charge on any atom is 0.322 e. The van der Waals surface area contributed by atoms with E-state index in [9.17, 15) is 4.79 Å². The van der Waals surface area contributed by atoms with Crippen molar-refractivity contribution in [2.45, 2.75) is 33.0 Å². The highest BCUT2D eigenvalue weighted by atomic mass is 79.9. The highest BCUT2D eigenvalue weighted by molar-refractivity contribution is 9.10. The molecule has 1 N–H and O–H groups in total. The van der Waals surface area contributed by atoms with Gasteiger partial charge in [0.05, 0.1) is 12.2 Å². The Balaban J connectivity index is 2.02. The molecule has 0 radical (unpaired) electrons. The van der Waals surface area contributed by atoms with E-state index in [1.54, 1.807) is 4.90 Å². The molecule has 2 amide bonds. The van der Waals surface area contributed by atoms with Crippen LogP contribution in [0.4, 0.5) is 10.5 Å². The van der Waals surface area contributed by atoms with Gasteiger partial charge in [-0.3, -0.25) is 0 Å². The van der Waals surface area contributed by atoms with E-state index in [0.717, 1.165) is 15.7 Å². The van der Waals surface area contributed by atoms with Gasteiger partial charge < -0.3 is 15.0 Å². The summed E-state index contributed by atoms with van der Waals surface area (Å²) in [6, 6.07) is 5.72. The average molecular weight is 327 g/mol. The van der Waals surface area contributed by atoms with Crippen molar-refractivity contribution in [2.75, 3.05) is 18.4 Å². The lowest BCUT2D eigenvalue weighted by Gasteiger charge is -2.35. The van der Waals surface area contributed by atoms with E-state index in [1.165, 1.54) is 0 Å². The molecule has 1 aliphatic heterocycles. The van der Waals surface area contributed by atoms with Crippen LogP contribution in [0.1, 0.15) is 19.4 Å². The first kappa shape index (κ1) is 14.3. The molecule has 2 atom stereocenters. The zero-order valence-electron chi connectivity index (χ0n) is 11.4. The van der Waals surface area contributed by atoms with Crippen molar-refractivity contribution in [3.8, 4) is 0 Å². The summed E-state index contributed by atoms with van der Waals surface area (Å²) >= 11 is 3.45. The molecule has 0 unspecified atom stereocenters. The molecule has 104 valence electrons. The van der Waals surface area contributed by atoms with Gasteiger partial charge in [0.25, 0.3) is 0 Å². The number of halogens is 1. The van der Waals surface area contributed by atoms with E-state index in [-0.39, 0.29) is 18.2 Å². The van der Waals surface area contributed by atoms with Crippen LogP contribution in [0.2, 0.25) is 0 Å². The number of benzene rings is 1. The third kappa shape index (κ3) is 3.70. The zero-order valence-corrected chi connectivity index (χ0v) is 13.0. The van der Waals surface area contributed by atoms with Crippen molar-refractivity contribution in [3.05, 3.63) is 28.2 Å². The first-order chi connectivity index (χ1) is 8.95. The lowest BCUT2D eigenvalue weighted by Crippen LogP contribution is -2.49. The van der Waals surface area contributed by atoms with Gasteiger partial charge in [-0.15, -0.1) is 0 Å². The van der Waals surface area contributed by atoms with Gasteiger partial charge in [0.2, 0.25) is 0 Å². The molecule has 1 aliphatic rings. The Morgan fingerprint density at radius 2 is 2.00 bits per heavy atom. The van der Waals surface area contributed by atoms with Gasteiger partial charge in [-0.05, 0) is 44.5 Å². The number of nitrogens with one attached hydrogen (secondary N) is 1. The molecular weight excluding hydrogens is 308 g/mol. The number of morpholine rings is 1. The Morgan fingerprint density at radius 3 is 2.58 bits per heavy atom. The van der Waals surface area contributed by atoms with Crippen molar-refractivity contribution in [1.29, 1.82) is 0 Å². The Bertz CT molecular complexity index is 469. The summed E-state index contributed by atoms with van der Waals surface area (Å²) in [6.07, 6.45) is 0.169. The topological polar surface area (TPSA) is 41.6 Å². The minimum Gasteiger partial charge on any atom is -0.372 e. The first-order valence-corrected chi connectivity index (χ1v) is 7.22. The Morgan fingerprint density at radius 1 is 1.37 bits per heavy atom. The standard InChI is InChI=1S/C14H19BrN2O2/c1-9-6-12(4-5-13(9)15)16-14(18)17-7-10(2)19-11(3)8-17/h4-6,10-11H,7-8H2,1-3H3,(H,16,18)/t10-,11-/m1/s1. The van der Waals surface area contributed by atoms with Crippen LogP contribution in [0.5, 0.6) is 0 Å². The second kappa shape index (κ2) is 5.92. The van der Waals surface area contributed by atoms with E-state index >= 15 is 0 Å². The van der Waals surface area contributed by atoms with Gasteiger partial charge in [0, 0.05) is 23.2 Å². The molecule has 4 nitrogen and oxygen atoms in total. The van der Waals surface area contributed by atoms with E-state index in [1.807, 2.05) is 39.0 Å². The summed E-state index contributed by atoms with van der Waals surface area (Å²) < 4.78 is 6.66. The lowest BCUT2D eigenvalue weighted by atomic mass is 10.2. The summed E-state index contributed by atoms with van der Waals surface area (Å²) in [5.41, 5.74) is 1.92. The maximum absolute atomic E-state index is 12.2. The van der Waals surface area contributed by atoms with E-state index in [2.05, 4.69) is 21.2 Å². The molecule has 0 saturated carbocycles. The van der Waals surface area contributed by atoms with Crippen molar-refractivity contribution in [2.24, 2.45) is 0 Å². The van der Waals surface area contributed by atoms with Crippen LogP contribution < -0.4 is 5.32 Å². The van der Waals surface area contributed by atoms with Crippen molar-refractivity contribution in [3.63, 3.8) is 0 Å². The fraction of sp³-hybridized carbons (Fsp3) is 0.500. The normalized spacial score (nSPS) is 23.3. The first-order valence-electron chi connectivity index (χ1n) is 6.43. The number of urea groups is 1. The molecular formula is C14H19BrN2O2. The number of anilines is 1. The fourth-order valence-electron chi connectivity index (χ4n) is 2.27. The minimum atomic E-state index is -0.0660. The highest BCUT2D eigenvalue weighted by Gasteiger charge is 2.25. The zero-order chi connectivity index (χ0) is 14.0. The molecule has 2 rings (SSSR count). The molecule has 0 aliphatic carbocycles. The minimum absolute atomic E-state index is 0.0660. The third-order valence-electron chi connectivity index (χ3n) is 3.12.